The molecule has 0 bridgehead atoms. The highest BCUT2D eigenvalue weighted by molar-refractivity contribution is 5.98. The lowest BCUT2D eigenvalue weighted by atomic mass is 10.1. The third kappa shape index (κ3) is 4.84. The van der Waals surface area contributed by atoms with Gasteiger partial charge in [-0.25, -0.2) is 4.98 Å². The van der Waals surface area contributed by atoms with Gasteiger partial charge in [-0.05, 0) is 47.5 Å². The number of carbonyl (C=O) groups excluding carboxylic acids is 2. The van der Waals surface area contributed by atoms with Crippen molar-refractivity contribution >= 4 is 22.7 Å². The summed E-state index contributed by atoms with van der Waals surface area (Å²) in [6, 6.07) is 25.4. The van der Waals surface area contributed by atoms with Crippen molar-refractivity contribution in [2.24, 2.45) is 0 Å². The summed E-state index contributed by atoms with van der Waals surface area (Å²) in [7, 11) is 1.62. The predicted molar refractivity (Wildman–Crippen MR) is 134 cm³/mol. The van der Waals surface area contributed by atoms with Crippen molar-refractivity contribution in [2.45, 2.75) is 13.0 Å². The molecule has 5 aromatic rings. The van der Waals surface area contributed by atoms with Crippen LogP contribution in [0.15, 0.2) is 95.7 Å². The van der Waals surface area contributed by atoms with E-state index in [-0.39, 0.29) is 17.7 Å². The quantitative estimate of drug-likeness (QED) is 0.371. The lowest BCUT2D eigenvalue weighted by Crippen LogP contribution is -2.23. The van der Waals surface area contributed by atoms with Crippen LogP contribution < -0.4 is 10.6 Å². The van der Waals surface area contributed by atoms with Gasteiger partial charge >= 0.3 is 5.91 Å². The van der Waals surface area contributed by atoms with Gasteiger partial charge in [0.2, 0.25) is 0 Å². The van der Waals surface area contributed by atoms with E-state index in [4.69, 9.17) is 4.42 Å². The number of oxazole rings is 1. The van der Waals surface area contributed by atoms with E-state index < -0.39 is 0 Å². The Kier molecular flexibility index (Phi) is 6.13. The van der Waals surface area contributed by atoms with Crippen molar-refractivity contribution in [3.8, 4) is 5.69 Å². The van der Waals surface area contributed by atoms with E-state index >= 15 is 0 Å². The number of rotatable bonds is 7. The zero-order chi connectivity index (χ0) is 24.2. The van der Waals surface area contributed by atoms with E-state index in [2.05, 4.69) is 20.2 Å². The second kappa shape index (κ2) is 9.69. The SMILES string of the molecule is CNC(=O)c1ccc2c(ccn2-c2ccc(CNC(=O)c3ncc(Cc4ccccc4)o3)cc2)c1. The van der Waals surface area contributed by atoms with E-state index in [1.54, 1.807) is 13.2 Å². The van der Waals surface area contributed by atoms with Gasteiger partial charge in [-0.1, -0.05) is 42.5 Å². The topological polar surface area (TPSA) is 89.2 Å². The standard InChI is InChI=1S/C28H24N4O3/c1-29-26(33)22-9-12-25-21(16-22)13-14-32(25)23-10-7-20(8-11-23)17-30-27(34)28-31-18-24(35-28)15-19-5-3-2-4-6-19/h2-14,16,18H,15,17H2,1H3,(H,29,33)(H,30,34). The van der Waals surface area contributed by atoms with Gasteiger partial charge in [0.25, 0.3) is 11.8 Å². The van der Waals surface area contributed by atoms with E-state index in [1.807, 2.05) is 85.1 Å². The van der Waals surface area contributed by atoms with Crippen molar-refractivity contribution in [2.75, 3.05) is 7.05 Å². The lowest BCUT2D eigenvalue weighted by molar-refractivity contribution is 0.0913. The van der Waals surface area contributed by atoms with Gasteiger partial charge in [0.15, 0.2) is 0 Å². The summed E-state index contributed by atoms with van der Waals surface area (Å²) in [5, 5.41) is 6.49. The molecular weight excluding hydrogens is 440 g/mol. The fraction of sp³-hybridized carbons (Fsp3) is 0.107. The van der Waals surface area contributed by atoms with Crippen molar-refractivity contribution in [1.82, 2.24) is 20.2 Å². The zero-order valence-electron chi connectivity index (χ0n) is 19.2. The first kappa shape index (κ1) is 22.2. The molecule has 0 saturated heterocycles. The fourth-order valence-corrected chi connectivity index (χ4v) is 3.98. The van der Waals surface area contributed by atoms with Crippen LogP contribution in [-0.4, -0.2) is 28.4 Å². The van der Waals surface area contributed by atoms with Crippen LogP contribution in [0.5, 0.6) is 0 Å². The third-order valence-corrected chi connectivity index (χ3v) is 5.82. The molecule has 174 valence electrons. The molecule has 0 aliphatic carbocycles. The monoisotopic (exact) mass is 464 g/mol. The molecule has 0 fully saturated rings. The maximum atomic E-state index is 12.5. The summed E-state index contributed by atoms with van der Waals surface area (Å²) < 4.78 is 7.69. The third-order valence-electron chi connectivity index (χ3n) is 5.82. The lowest BCUT2D eigenvalue weighted by Gasteiger charge is -2.08. The molecule has 0 radical (unpaired) electrons. The number of nitrogens with zero attached hydrogens (tertiary/aromatic N) is 2. The highest BCUT2D eigenvalue weighted by Gasteiger charge is 2.13. The maximum absolute atomic E-state index is 12.5. The minimum absolute atomic E-state index is 0.0579. The maximum Gasteiger partial charge on any atom is 0.307 e. The van der Waals surface area contributed by atoms with Crippen molar-refractivity contribution < 1.29 is 14.0 Å². The Bertz CT molecular complexity index is 1480. The number of aromatic nitrogens is 2. The molecule has 2 amide bonds. The summed E-state index contributed by atoms with van der Waals surface area (Å²) >= 11 is 0. The van der Waals surface area contributed by atoms with E-state index in [9.17, 15) is 9.59 Å². The molecule has 35 heavy (non-hydrogen) atoms. The van der Waals surface area contributed by atoms with Crippen LogP contribution >= 0.6 is 0 Å². The zero-order valence-corrected chi connectivity index (χ0v) is 19.2. The average molecular weight is 465 g/mol. The van der Waals surface area contributed by atoms with Crippen molar-refractivity contribution in [3.63, 3.8) is 0 Å². The molecule has 0 spiro atoms. The molecule has 0 unspecified atom stereocenters. The molecule has 5 rings (SSSR count). The molecule has 0 saturated carbocycles. The smallest absolute Gasteiger partial charge is 0.307 e. The Balaban J connectivity index is 1.22. The normalized spacial score (nSPS) is 10.9. The van der Waals surface area contributed by atoms with Crippen molar-refractivity contribution in [1.29, 1.82) is 0 Å². The van der Waals surface area contributed by atoms with Gasteiger partial charge in [-0.3, -0.25) is 9.59 Å². The average Bonchev–Trinajstić information content (AvgIpc) is 3.54. The fourth-order valence-electron chi connectivity index (χ4n) is 3.98. The summed E-state index contributed by atoms with van der Waals surface area (Å²) in [4.78, 5) is 28.5. The highest BCUT2D eigenvalue weighted by atomic mass is 16.4. The number of carbonyl (C=O) groups is 2. The van der Waals surface area contributed by atoms with E-state index in [1.165, 1.54) is 0 Å². The minimum atomic E-state index is -0.350. The van der Waals surface area contributed by atoms with Crippen LogP contribution in [0.3, 0.4) is 0 Å². The number of benzene rings is 3. The van der Waals surface area contributed by atoms with Gasteiger partial charge in [-0.15, -0.1) is 0 Å². The van der Waals surface area contributed by atoms with Gasteiger partial charge < -0.3 is 19.6 Å². The molecule has 0 aliphatic rings. The Morgan fingerprint density at radius 2 is 1.71 bits per heavy atom. The van der Waals surface area contributed by atoms with Crippen molar-refractivity contribution in [3.05, 3.63) is 120 Å². The molecule has 2 heterocycles. The Labute approximate surface area is 202 Å². The second-order valence-electron chi connectivity index (χ2n) is 8.18. The van der Waals surface area contributed by atoms with Crippen LogP contribution in [0.2, 0.25) is 0 Å². The van der Waals surface area contributed by atoms with Gasteiger partial charge in [0.1, 0.15) is 5.76 Å². The van der Waals surface area contributed by atoms with Gasteiger partial charge in [0, 0.05) is 42.8 Å². The van der Waals surface area contributed by atoms with Crippen LogP contribution in [0.1, 0.15) is 37.9 Å². The summed E-state index contributed by atoms with van der Waals surface area (Å²) in [5.41, 5.74) is 4.67. The van der Waals surface area contributed by atoms with Crippen LogP contribution in [0, 0.1) is 0 Å². The number of hydrogen-bond acceptors (Lipinski definition) is 4. The summed E-state index contributed by atoms with van der Waals surface area (Å²) in [6.07, 6.45) is 4.16. The van der Waals surface area contributed by atoms with E-state index in [0.717, 1.165) is 27.7 Å². The number of nitrogens with one attached hydrogen (secondary N) is 2. The Morgan fingerprint density at radius 3 is 2.49 bits per heavy atom. The predicted octanol–water partition coefficient (Wildman–Crippen LogP) is 4.50. The molecule has 7 nitrogen and oxygen atoms in total. The number of amides is 2. The highest BCUT2D eigenvalue weighted by Crippen LogP contribution is 2.22. The molecule has 7 heteroatoms. The van der Waals surface area contributed by atoms with Gasteiger partial charge in [0.05, 0.1) is 11.7 Å². The molecule has 2 N–H and O–H groups in total. The molecular formula is C28H24N4O3. The molecule has 0 aliphatic heterocycles. The molecule has 3 aromatic carbocycles. The molecule has 0 atom stereocenters. The first-order valence-electron chi connectivity index (χ1n) is 11.3. The van der Waals surface area contributed by atoms with Gasteiger partial charge in [-0.2, -0.15) is 0 Å². The number of fused-ring (bicyclic) bond motifs is 1. The summed E-state index contributed by atoms with van der Waals surface area (Å²) in [5.74, 6) is 0.245. The summed E-state index contributed by atoms with van der Waals surface area (Å²) in [6.45, 7) is 0.359. The Morgan fingerprint density at radius 1 is 0.914 bits per heavy atom. The number of hydrogen-bond donors (Lipinski definition) is 2. The first-order valence-corrected chi connectivity index (χ1v) is 11.3. The minimum Gasteiger partial charge on any atom is -0.437 e. The second-order valence-corrected chi connectivity index (χ2v) is 8.18. The first-order chi connectivity index (χ1) is 17.1. The molecule has 2 aromatic heterocycles. The largest absolute Gasteiger partial charge is 0.437 e. The van der Waals surface area contributed by atoms with E-state index in [0.29, 0.717) is 24.3 Å². The van der Waals surface area contributed by atoms with Crippen LogP contribution in [0.4, 0.5) is 0 Å². The van der Waals surface area contributed by atoms with Crippen LogP contribution in [0.25, 0.3) is 16.6 Å². The van der Waals surface area contributed by atoms with Crippen LogP contribution in [-0.2, 0) is 13.0 Å². The Hall–Kier alpha value is -4.65.